The van der Waals surface area contributed by atoms with Crippen LogP contribution in [0.15, 0.2) is 17.5 Å². The summed E-state index contributed by atoms with van der Waals surface area (Å²) in [6, 6.07) is 4.65. The molecule has 2 saturated heterocycles. The molecule has 0 aliphatic carbocycles. The molecule has 2 N–H and O–H groups in total. The predicted molar refractivity (Wildman–Crippen MR) is 77.1 cm³/mol. The Hall–Kier alpha value is -0.910. The number of likely N-dealkylation sites (tertiary alicyclic amines) is 1. The van der Waals surface area contributed by atoms with Crippen molar-refractivity contribution in [1.29, 1.82) is 0 Å². The first-order valence-corrected chi connectivity index (χ1v) is 7.95. The predicted octanol–water partition coefficient (Wildman–Crippen LogP) is 1.05. The molecular weight excluding hydrogens is 258 g/mol. The lowest BCUT2D eigenvalue weighted by Crippen LogP contribution is -2.49. The number of carbonyl (C=O) groups excluding carboxylic acids is 1. The minimum atomic E-state index is 0.154. The van der Waals surface area contributed by atoms with Crippen molar-refractivity contribution in [2.45, 2.75) is 25.4 Å². The van der Waals surface area contributed by atoms with E-state index in [1.807, 2.05) is 11.4 Å². The van der Waals surface area contributed by atoms with E-state index in [1.165, 1.54) is 17.7 Å². The fraction of sp³-hybridized carbons (Fsp3) is 0.643. The van der Waals surface area contributed by atoms with Gasteiger partial charge in [-0.15, -0.1) is 11.3 Å². The molecule has 4 nitrogen and oxygen atoms in total. The number of hydrogen-bond acceptors (Lipinski definition) is 4. The molecule has 2 atom stereocenters. The molecule has 19 heavy (non-hydrogen) atoms. The molecule has 0 radical (unpaired) electrons. The Balaban J connectivity index is 1.48. The van der Waals surface area contributed by atoms with Gasteiger partial charge in [0.05, 0.1) is 13.1 Å². The minimum absolute atomic E-state index is 0.154. The maximum absolute atomic E-state index is 12.0. The van der Waals surface area contributed by atoms with E-state index in [1.54, 1.807) is 11.3 Å². The summed E-state index contributed by atoms with van der Waals surface area (Å²) in [5.41, 5.74) is 0. The number of hydrogen-bond donors (Lipinski definition) is 2. The summed E-state index contributed by atoms with van der Waals surface area (Å²) in [6.45, 7) is 4.45. The van der Waals surface area contributed by atoms with Crippen LogP contribution in [-0.2, 0) is 11.3 Å². The van der Waals surface area contributed by atoms with Crippen LogP contribution < -0.4 is 10.6 Å². The molecule has 104 valence electrons. The maximum atomic E-state index is 12.0. The maximum Gasteiger partial charge on any atom is 0.234 e. The van der Waals surface area contributed by atoms with Crippen molar-refractivity contribution in [2.75, 3.05) is 26.2 Å². The van der Waals surface area contributed by atoms with Crippen LogP contribution in [0.2, 0.25) is 0 Å². The molecule has 0 spiro atoms. The van der Waals surface area contributed by atoms with Gasteiger partial charge in [-0.3, -0.25) is 9.69 Å². The van der Waals surface area contributed by atoms with Crippen molar-refractivity contribution in [1.82, 2.24) is 15.5 Å². The second-order valence-corrected chi connectivity index (χ2v) is 6.49. The summed E-state index contributed by atoms with van der Waals surface area (Å²) in [5, 5.41) is 8.51. The van der Waals surface area contributed by atoms with Crippen molar-refractivity contribution in [3.05, 3.63) is 22.4 Å². The van der Waals surface area contributed by atoms with E-state index in [2.05, 4.69) is 21.6 Å². The fourth-order valence-corrected chi connectivity index (χ4v) is 3.84. The molecule has 1 aromatic heterocycles. The van der Waals surface area contributed by atoms with Gasteiger partial charge in [-0.25, -0.2) is 0 Å². The zero-order valence-corrected chi connectivity index (χ0v) is 11.9. The highest BCUT2D eigenvalue weighted by atomic mass is 32.1. The van der Waals surface area contributed by atoms with Gasteiger partial charge < -0.3 is 10.6 Å². The van der Waals surface area contributed by atoms with E-state index in [0.29, 0.717) is 19.1 Å². The van der Waals surface area contributed by atoms with Crippen LogP contribution in [0.4, 0.5) is 0 Å². The summed E-state index contributed by atoms with van der Waals surface area (Å²) in [6.07, 6.45) is 2.53. The lowest BCUT2D eigenvalue weighted by atomic mass is 9.92. The number of nitrogens with one attached hydrogen (secondary N) is 2. The lowest BCUT2D eigenvalue weighted by molar-refractivity contribution is -0.123. The Morgan fingerprint density at radius 1 is 1.53 bits per heavy atom. The molecule has 2 fully saturated rings. The van der Waals surface area contributed by atoms with Crippen LogP contribution in [0.3, 0.4) is 0 Å². The SMILES string of the molecule is O=C(CN1CCCC2CNCC21)NCc1cccs1. The average Bonchev–Trinajstić information content (AvgIpc) is 3.08. The van der Waals surface area contributed by atoms with E-state index in [-0.39, 0.29) is 5.91 Å². The molecule has 5 heteroatoms. The van der Waals surface area contributed by atoms with Crippen molar-refractivity contribution in [2.24, 2.45) is 5.92 Å². The van der Waals surface area contributed by atoms with Gasteiger partial charge in [0.2, 0.25) is 5.91 Å². The first-order valence-electron chi connectivity index (χ1n) is 7.07. The van der Waals surface area contributed by atoms with Crippen LogP contribution in [-0.4, -0.2) is 43.0 Å². The van der Waals surface area contributed by atoms with Crippen LogP contribution in [0.25, 0.3) is 0 Å². The third kappa shape index (κ3) is 3.16. The Kier molecular flexibility index (Phi) is 4.15. The third-order valence-corrected chi connectivity index (χ3v) is 5.06. The normalized spacial score (nSPS) is 27.2. The zero-order chi connectivity index (χ0) is 13.1. The number of nitrogens with zero attached hydrogens (tertiary/aromatic N) is 1. The van der Waals surface area contributed by atoms with Gasteiger partial charge in [0, 0.05) is 17.5 Å². The smallest absolute Gasteiger partial charge is 0.234 e. The molecular formula is C14H21N3OS. The van der Waals surface area contributed by atoms with Crippen LogP contribution in [0.5, 0.6) is 0 Å². The minimum Gasteiger partial charge on any atom is -0.350 e. The molecule has 3 rings (SSSR count). The Bertz CT molecular complexity index is 420. The number of fused-ring (bicyclic) bond motifs is 1. The fourth-order valence-electron chi connectivity index (χ4n) is 3.20. The standard InChI is InChI=1S/C14H21N3OS/c18-14(16-8-12-4-2-6-19-12)10-17-5-1-3-11-7-15-9-13(11)17/h2,4,6,11,13,15H,1,3,5,7-10H2,(H,16,18). The van der Waals surface area contributed by atoms with Crippen LogP contribution in [0, 0.1) is 5.92 Å². The molecule has 2 aliphatic rings. The Morgan fingerprint density at radius 2 is 2.47 bits per heavy atom. The van der Waals surface area contributed by atoms with E-state index < -0.39 is 0 Å². The second kappa shape index (κ2) is 6.03. The number of rotatable bonds is 4. The highest BCUT2D eigenvalue weighted by molar-refractivity contribution is 7.09. The molecule has 1 aromatic rings. The molecule has 3 heterocycles. The molecule has 0 saturated carbocycles. The highest BCUT2D eigenvalue weighted by Gasteiger charge is 2.35. The molecule has 0 bridgehead atoms. The van der Waals surface area contributed by atoms with Crippen molar-refractivity contribution >= 4 is 17.2 Å². The van der Waals surface area contributed by atoms with Gasteiger partial charge in [0.25, 0.3) is 0 Å². The van der Waals surface area contributed by atoms with Gasteiger partial charge >= 0.3 is 0 Å². The second-order valence-electron chi connectivity index (χ2n) is 5.45. The number of amides is 1. The van der Waals surface area contributed by atoms with Gasteiger partial charge in [0.15, 0.2) is 0 Å². The lowest BCUT2D eigenvalue weighted by Gasteiger charge is -2.36. The third-order valence-electron chi connectivity index (χ3n) is 4.18. The van der Waals surface area contributed by atoms with E-state index >= 15 is 0 Å². The van der Waals surface area contributed by atoms with Gasteiger partial charge in [0.1, 0.15) is 0 Å². The Labute approximate surface area is 118 Å². The highest BCUT2D eigenvalue weighted by Crippen LogP contribution is 2.25. The van der Waals surface area contributed by atoms with Crippen molar-refractivity contribution in [3.8, 4) is 0 Å². The summed E-state index contributed by atoms with van der Waals surface area (Å²) in [5.74, 6) is 0.903. The summed E-state index contributed by atoms with van der Waals surface area (Å²) in [7, 11) is 0. The number of piperidine rings is 1. The van der Waals surface area contributed by atoms with Gasteiger partial charge in [-0.1, -0.05) is 6.07 Å². The molecule has 2 unspecified atom stereocenters. The zero-order valence-electron chi connectivity index (χ0n) is 11.1. The van der Waals surface area contributed by atoms with Crippen molar-refractivity contribution in [3.63, 3.8) is 0 Å². The topological polar surface area (TPSA) is 44.4 Å². The van der Waals surface area contributed by atoms with E-state index in [4.69, 9.17) is 0 Å². The first-order chi connectivity index (χ1) is 9.33. The Morgan fingerprint density at radius 3 is 3.32 bits per heavy atom. The van der Waals surface area contributed by atoms with Crippen molar-refractivity contribution < 1.29 is 4.79 Å². The quantitative estimate of drug-likeness (QED) is 0.866. The number of carbonyl (C=O) groups is 1. The van der Waals surface area contributed by atoms with E-state index in [9.17, 15) is 4.79 Å². The van der Waals surface area contributed by atoms with Crippen LogP contribution >= 0.6 is 11.3 Å². The monoisotopic (exact) mass is 279 g/mol. The molecule has 1 amide bonds. The summed E-state index contributed by atoms with van der Waals surface area (Å²) < 4.78 is 0. The first kappa shape index (κ1) is 13.1. The van der Waals surface area contributed by atoms with Gasteiger partial charge in [-0.05, 0) is 43.3 Å². The number of thiophene rings is 1. The average molecular weight is 279 g/mol. The van der Waals surface area contributed by atoms with Crippen LogP contribution in [0.1, 0.15) is 17.7 Å². The largest absolute Gasteiger partial charge is 0.350 e. The van der Waals surface area contributed by atoms with E-state index in [0.717, 1.165) is 25.6 Å². The summed E-state index contributed by atoms with van der Waals surface area (Å²) in [4.78, 5) is 15.6. The molecule has 2 aliphatic heterocycles. The van der Waals surface area contributed by atoms with Gasteiger partial charge in [-0.2, -0.15) is 0 Å². The summed E-state index contributed by atoms with van der Waals surface area (Å²) >= 11 is 1.69. The molecule has 0 aromatic carbocycles.